The topological polar surface area (TPSA) is 72.9 Å². The first-order valence-corrected chi connectivity index (χ1v) is 11.1. The van der Waals surface area contributed by atoms with Gasteiger partial charge in [0.2, 0.25) is 10.0 Å². The molecule has 2 aromatic rings. The predicted molar refractivity (Wildman–Crippen MR) is 111 cm³/mol. The average Bonchev–Trinajstić information content (AvgIpc) is 2.68. The van der Waals surface area contributed by atoms with E-state index >= 15 is 0 Å². The molecule has 1 unspecified atom stereocenters. The highest BCUT2D eigenvalue weighted by Gasteiger charge is 2.30. The van der Waals surface area contributed by atoms with E-state index < -0.39 is 22.0 Å². The molecular weight excluding hydrogens is 446 g/mol. The largest absolute Gasteiger partial charge is 0.497 e. The second kappa shape index (κ2) is 9.54. The number of esters is 1. The lowest BCUT2D eigenvalue weighted by Crippen LogP contribution is -2.33. The summed E-state index contributed by atoms with van der Waals surface area (Å²) in [5.74, 6) is 0.169. The maximum atomic E-state index is 13.3. The molecule has 152 valence electrons. The molecule has 28 heavy (non-hydrogen) atoms. The Morgan fingerprint density at radius 3 is 2.46 bits per heavy atom. The third-order valence-electron chi connectivity index (χ3n) is 4.35. The van der Waals surface area contributed by atoms with E-state index in [2.05, 4.69) is 15.9 Å². The summed E-state index contributed by atoms with van der Waals surface area (Å²) in [4.78, 5) is 12.0. The van der Waals surface area contributed by atoms with Gasteiger partial charge in [-0.1, -0.05) is 19.1 Å². The molecule has 6 nitrogen and oxygen atoms in total. The van der Waals surface area contributed by atoms with Crippen molar-refractivity contribution in [1.82, 2.24) is 4.31 Å². The van der Waals surface area contributed by atoms with Gasteiger partial charge in [-0.2, -0.15) is 4.31 Å². The highest BCUT2D eigenvalue weighted by atomic mass is 79.9. The Balaban J connectivity index is 2.41. The molecule has 0 aliphatic rings. The van der Waals surface area contributed by atoms with Crippen molar-refractivity contribution in [3.8, 4) is 5.75 Å². The maximum Gasteiger partial charge on any atom is 0.338 e. The van der Waals surface area contributed by atoms with Crippen LogP contribution in [0.1, 0.15) is 42.7 Å². The van der Waals surface area contributed by atoms with Crippen LogP contribution in [0.4, 0.5) is 0 Å². The Hall–Kier alpha value is -1.90. The van der Waals surface area contributed by atoms with Crippen molar-refractivity contribution in [2.75, 3.05) is 20.3 Å². The van der Waals surface area contributed by atoms with Crippen LogP contribution in [0.25, 0.3) is 0 Å². The number of methoxy groups -OCH3 is 1. The van der Waals surface area contributed by atoms with Crippen molar-refractivity contribution in [1.29, 1.82) is 0 Å². The smallest absolute Gasteiger partial charge is 0.338 e. The molecular formula is C20H24BrNO5S. The lowest BCUT2D eigenvalue weighted by molar-refractivity contribution is 0.0526. The van der Waals surface area contributed by atoms with E-state index in [0.29, 0.717) is 10.2 Å². The molecule has 0 amide bonds. The molecule has 2 rings (SSSR count). The van der Waals surface area contributed by atoms with Crippen molar-refractivity contribution in [3.05, 3.63) is 58.1 Å². The third kappa shape index (κ3) is 4.74. The SMILES string of the molecule is CCOC(=O)c1ccc(S(=O)(=O)N(CC)C(C)c2cccc(OC)c2)c(Br)c1. The van der Waals surface area contributed by atoms with Gasteiger partial charge in [-0.3, -0.25) is 0 Å². The molecule has 0 saturated heterocycles. The van der Waals surface area contributed by atoms with E-state index in [4.69, 9.17) is 9.47 Å². The fourth-order valence-corrected chi connectivity index (χ4v) is 5.57. The van der Waals surface area contributed by atoms with E-state index in [1.807, 2.05) is 31.2 Å². The summed E-state index contributed by atoms with van der Waals surface area (Å²) in [7, 11) is -2.24. The van der Waals surface area contributed by atoms with Crippen molar-refractivity contribution in [2.24, 2.45) is 0 Å². The number of hydrogen-bond acceptors (Lipinski definition) is 5. The van der Waals surface area contributed by atoms with Gasteiger partial charge >= 0.3 is 5.97 Å². The zero-order chi connectivity index (χ0) is 20.9. The van der Waals surface area contributed by atoms with Gasteiger partial charge in [-0.25, -0.2) is 13.2 Å². The average molecular weight is 470 g/mol. The van der Waals surface area contributed by atoms with Crippen molar-refractivity contribution < 1.29 is 22.7 Å². The standard InChI is InChI=1S/C20H24BrNO5S/c1-5-22(14(3)15-8-7-9-17(12-15)26-4)28(24,25)19-11-10-16(13-18(19)21)20(23)27-6-2/h7-14H,5-6H2,1-4H3. The van der Waals surface area contributed by atoms with Crippen LogP contribution in [0.5, 0.6) is 5.75 Å². The Morgan fingerprint density at radius 2 is 1.89 bits per heavy atom. The summed E-state index contributed by atoms with van der Waals surface area (Å²) >= 11 is 3.29. The Bertz CT molecular complexity index is 945. The summed E-state index contributed by atoms with van der Waals surface area (Å²) in [5.41, 5.74) is 1.11. The summed E-state index contributed by atoms with van der Waals surface area (Å²) in [6.07, 6.45) is 0. The zero-order valence-corrected chi connectivity index (χ0v) is 18.7. The number of carbonyl (C=O) groups is 1. The molecule has 0 aromatic heterocycles. The number of hydrogen-bond donors (Lipinski definition) is 0. The van der Waals surface area contributed by atoms with Crippen LogP contribution in [0.2, 0.25) is 0 Å². The monoisotopic (exact) mass is 469 g/mol. The highest BCUT2D eigenvalue weighted by Crippen LogP contribution is 2.32. The van der Waals surface area contributed by atoms with Gasteiger partial charge in [-0.05, 0) is 65.7 Å². The lowest BCUT2D eigenvalue weighted by Gasteiger charge is -2.28. The molecule has 1 atom stereocenters. The minimum atomic E-state index is -3.81. The molecule has 0 aliphatic carbocycles. The Labute approximate surface area is 174 Å². The summed E-state index contributed by atoms with van der Waals surface area (Å²) < 4.78 is 38.5. The van der Waals surface area contributed by atoms with E-state index in [-0.39, 0.29) is 23.6 Å². The van der Waals surface area contributed by atoms with E-state index in [9.17, 15) is 13.2 Å². The quantitative estimate of drug-likeness (QED) is 0.535. The van der Waals surface area contributed by atoms with Crippen LogP contribution in [-0.2, 0) is 14.8 Å². The number of rotatable bonds is 8. The second-order valence-electron chi connectivity index (χ2n) is 6.03. The van der Waals surface area contributed by atoms with Crippen LogP contribution >= 0.6 is 15.9 Å². The van der Waals surface area contributed by atoms with Gasteiger partial charge in [0.15, 0.2) is 0 Å². The molecule has 0 spiro atoms. The van der Waals surface area contributed by atoms with Gasteiger partial charge in [0.1, 0.15) is 5.75 Å². The van der Waals surface area contributed by atoms with E-state index in [1.54, 1.807) is 21.0 Å². The summed E-state index contributed by atoms with van der Waals surface area (Å²) in [6, 6.07) is 11.3. The van der Waals surface area contributed by atoms with Crippen molar-refractivity contribution in [3.63, 3.8) is 0 Å². The lowest BCUT2D eigenvalue weighted by atomic mass is 10.1. The maximum absolute atomic E-state index is 13.3. The van der Waals surface area contributed by atoms with Crippen LogP contribution < -0.4 is 4.74 Å². The zero-order valence-electron chi connectivity index (χ0n) is 16.3. The van der Waals surface area contributed by atoms with Gasteiger partial charge in [0.05, 0.1) is 24.2 Å². The molecule has 0 aliphatic heterocycles. The van der Waals surface area contributed by atoms with Gasteiger partial charge in [0, 0.05) is 17.1 Å². The first-order valence-electron chi connectivity index (χ1n) is 8.88. The van der Waals surface area contributed by atoms with Crippen LogP contribution in [-0.4, -0.2) is 39.0 Å². The Morgan fingerprint density at radius 1 is 1.18 bits per heavy atom. The fourth-order valence-electron chi connectivity index (χ4n) is 2.90. The minimum absolute atomic E-state index is 0.0946. The molecule has 0 N–H and O–H groups in total. The molecule has 0 fully saturated rings. The molecule has 0 saturated carbocycles. The predicted octanol–water partition coefficient (Wildman–Crippen LogP) is 4.41. The number of carbonyl (C=O) groups excluding carboxylic acids is 1. The number of nitrogens with zero attached hydrogens (tertiary/aromatic N) is 1. The molecule has 8 heteroatoms. The van der Waals surface area contributed by atoms with Gasteiger partial charge in [0.25, 0.3) is 0 Å². The minimum Gasteiger partial charge on any atom is -0.497 e. The first-order chi connectivity index (χ1) is 13.3. The number of sulfonamides is 1. The fraction of sp³-hybridized carbons (Fsp3) is 0.350. The Kier molecular flexibility index (Phi) is 7.63. The molecule has 0 radical (unpaired) electrons. The van der Waals surface area contributed by atoms with Crippen LogP contribution in [0, 0.1) is 0 Å². The van der Waals surface area contributed by atoms with Crippen LogP contribution in [0.15, 0.2) is 51.8 Å². The van der Waals surface area contributed by atoms with E-state index in [1.165, 1.54) is 22.5 Å². The molecule has 2 aromatic carbocycles. The van der Waals surface area contributed by atoms with Crippen molar-refractivity contribution >= 4 is 31.9 Å². The second-order valence-corrected chi connectivity index (χ2v) is 8.74. The van der Waals surface area contributed by atoms with Crippen LogP contribution in [0.3, 0.4) is 0 Å². The number of benzene rings is 2. The first kappa shape index (κ1) is 22.4. The normalized spacial score (nSPS) is 12.6. The number of ether oxygens (including phenoxy) is 2. The highest BCUT2D eigenvalue weighted by molar-refractivity contribution is 9.10. The molecule has 0 bridgehead atoms. The summed E-state index contributed by atoms with van der Waals surface area (Å²) in [6.45, 7) is 5.86. The van der Waals surface area contributed by atoms with Crippen molar-refractivity contribution in [2.45, 2.75) is 31.7 Å². The third-order valence-corrected chi connectivity index (χ3v) is 7.37. The summed E-state index contributed by atoms with van der Waals surface area (Å²) in [5, 5.41) is 0. The van der Waals surface area contributed by atoms with Gasteiger partial charge in [-0.15, -0.1) is 0 Å². The number of halogens is 1. The van der Waals surface area contributed by atoms with Gasteiger partial charge < -0.3 is 9.47 Å². The van der Waals surface area contributed by atoms with E-state index in [0.717, 1.165) is 5.56 Å². The molecule has 0 heterocycles.